The van der Waals surface area contributed by atoms with Crippen LogP contribution in [0.4, 0.5) is 4.39 Å². The number of nitrogens with one attached hydrogen (secondary N) is 1. The number of ether oxygens (including phenoxy) is 1. The average molecular weight is 632 g/mol. The van der Waals surface area contributed by atoms with Crippen molar-refractivity contribution in [3.63, 3.8) is 0 Å². The maximum absolute atomic E-state index is 17.0. The molecule has 2 aliphatic heterocycles. The highest BCUT2D eigenvalue weighted by molar-refractivity contribution is 6.38. The monoisotopic (exact) mass is 630 g/mol. The van der Waals surface area contributed by atoms with E-state index in [4.69, 9.17) is 38.0 Å². The van der Waals surface area contributed by atoms with Crippen molar-refractivity contribution in [3.05, 3.63) is 64.5 Å². The maximum atomic E-state index is 17.0. The van der Waals surface area contributed by atoms with Crippen LogP contribution in [-0.2, 0) is 0 Å². The molecule has 2 fully saturated rings. The molecule has 5 aromatic rings. The second-order valence-corrected chi connectivity index (χ2v) is 12.9. The Morgan fingerprint density at radius 3 is 2.75 bits per heavy atom. The van der Waals surface area contributed by atoms with E-state index in [0.717, 1.165) is 60.4 Å². The molecule has 7 rings (SSSR count). The molecule has 0 amide bonds. The summed E-state index contributed by atoms with van der Waals surface area (Å²) in [5.74, 6) is -0.171. The number of likely N-dealkylation sites (N-methyl/N-ethyl adjacent to an activating group) is 1. The predicted octanol–water partition coefficient (Wildman–Crippen LogP) is 7.92. The molecule has 2 aromatic heterocycles. The summed E-state index contributed by atoms with van der Waals surface area (Å²) in [6.07, 6.45) is 5.71. The summed E-state index contributed by atoms with van der Waals surface area (Å²) in [6, 6.07) is 15.7. The summed E-state index contributed by atoms with van der Waals surface area (Å²) in [5, 5.41) is 21.3. The van der Waals surface area contributed by atoms with Gasteiger partial charge in [-0.15, -0.1) is 0 Å². The predicted molar refractivity (Wildman–Crippen MR) is 174 cm³/mol. The van der Waals surface area contributed by atoms with Gasteiger partial charge in [-0.2, -0.15) is 10.4 Å². The first-order chi connectivity index (χ1) is 21.4. The molecule has 4 atom stereocenters. The first-order valence-electron chi connectivity index (χ1n) is 15.2. The van der Waals surface area contributed by atoms with Crippen molar-refractivity contribution in [2.75, 3.05) is 20.1 Å². The Morgan fingerprint density at radius 2 is 1.98 bits per heavy atom. The van der Waals surface area contributed by atoms with Crippen molar-refractivity contribution in [1.29, 1.82) is 5.26 Å². The molecule has 0 bridgehead atoms. The lowest BCUT2D eigenvalue weighted by atomic mass is 9.95. The topological polar surface area (TPSA) is 79.0 Å². The van der Waals surface area contributed by atoms with Crippen molar-refractivity contribution in [2.45, 2.75) is 63.3 Å². The van der Waals surface area contributed by atoms with Crippen molar-refractivity contribution in [3.8, 4) is 23.1 Å². The highest BCUT2D eigenvalue weighted by Gasteiger charge is 2.31. The number of benzene rings is 3. The molecule has 0 saturated carbocycles. The van der Waals surface area contributed by atoms with Crippen molar-refractivity contribution in [2.24, 2.45) is 0 Å². The standard InChI is InChI=1S/C34H33Cl2FN6O/c1-19(28-10-5-15-42(28)2)44-34-25-18-40-43(22-12-14-39-21(16-22)11-13-38)33(25)24-17-27(36)30(31(37)32(24)41-34)23-8-3-6-20-7-4-9-26(35)29(20)23/h3-4,6-9,17-19,21-22,28,39H,5,10-12,14-16H2,1-2H3/t19-,21+,22-,28-/m0/s1. The zero-order valence-corrected chi connectivity index (χ0v) is 26.2. The summed E-state index contributed by atoms with van der Waals surface area (Å²) in [4.78, 5) is 7.16. The van der Waals surface area contributed by atoms with Crippen LogP contribution in [0.5, 0.6) is 5.88 Å². The van der Waals surface area contributed by atoms with Crippen LogP contribution >= 0.6 is 23.2 Å². The van der Waals surface area contributed by atoms with Gasteiger partial charge in [-0.05, 0) is 75.8 Å². The molecule has 3 aromatic carbocycles. The minimum absolute atomic E-state index is 0.0160. The highest BCUT2D eigenvalue weighted by Crippen LogP contribution is 2.44. The third-order valence-corrected chi connectivity index (χ3v) is 9.99. The van der Waals surface area contributed by atoms with E-state index < -0.39 is 5.82 Å². The zero-order chi connectivity index (χ0) is 30.5. The Labute approximate surface area is 265 Å². The number of fused-ring (bicyclic) bond motifs is 4. The number of nitrogens with zero attached hydrogens (tertiary/aromatic N) is 5. The number of piperidine rings is 1. The molecule has 2 saturated heterocycles. The second-order valence-electron chi connectivity index (χ2n) is 12.1. The van der Waals surface area contributed by atoms with Crippen LogP contribution in [0.3, 0.4) is 0 Å². The minimum atomic E-state index is -0.530. The van der Waals surface area contributed by atoms with Crippen LogP contribution in [0.25, 0.3) is 43.7 Å². The van der Waals surface area contributed by atoms with Crippen LogP contribution in [0.2, 0.25) is 10.0 Å². The number of aromatic nitrogens is 3. The summed E-state index contributed by atoms with van der Waals surface area (Å²) in [5.41, 5.74) is 1.77. The highest BCUT2D eigenvalue weighted by atomic mass is 35.5. The third kappa shape index (κ3) is 4.96. The Bertz CT molecular complexity index is 1930. The van der Waals surface area contributed by atoms with E-state index in [1.54, 1.807) is 18.3 Å². The normalized spacial score (nSPS) is 21.7. The Morgan fingerprint density at radius 1 is 1.16 bits per heavy atom. The van der Waals surface area contributed by atoms with Gasteiger partial charge in [0.1, 0.15) is 11.6 Å². The van der Waals surface area contributed by atoms with E-state index in [2.05, 4.69) is 30.3 Å². The van der Waals surface area contributed by atoms with E-state index in [1.807, 2.05) is 35.0 Å². The fraction of sp³-hybridized carbons (Fsp3) is 0.382. The Hall–Kier alpha value is -3.48. The SMILES string of the molecule is C[C@H](Oc1nc2c(F)c(-c3cccc4cccc(Cl)c34)c(Cl)cc2c2c1cnn2[C@H]1CCN[C@H](CC#N)C1)[C@@H]1CCCN1C. The van der Waals surface area contributed by atoms with Gasteiger partial charge >= 0.3 is 0 Å². The van der Waals surface area contributed by atoms with Gasteiger partial charge in [-0.1, -0.05) is 53.5 Å². The number of likely N-dealkylation sites (tertiary alicyclic amines) is 1. The van der Waals surface area contributed by atoms with E-state index in [9.17, 15) is 5.26 Å². The van der Waals surface area contributed by atoms with Gasteiger partial charge in [0, 0.05) is 33.4 Å². The number of pyridine rings is 1. The van der Waals surface area contributed by atoms with Gasteiger partial charge in [-0.3, -0.25) is 9.58 Å². The molecule has 2 aliphatic rings. The number of nitriles is 1. The van der Waals surface area contributed by atoms with Crippen molar-refractivity contribution in [1.82, 2.24) is 25.0 Å². The summed E-state index contributed by atoms with van der Waals surface area (Å²) in [6.45, 7) is 3.83. The van der Waals surface area contributed by atoms with Gasteiger partial charge in [0.2, 0.25) is 5.88 Å². The van der Waals surface area contributed by atoms with Crippen molar-refractivity contribution < 1.29 is 9.13 Å². The Kier molecular flexibility index (Phi) is 7.84. The molecule has 0 aliphatic carbocycles. The molecule has 1 N–H and O–H groups in total. The van der Waals surface area contributed by atoms with E-state index in [0.29, 0.717) is 28.3 Å². The first kappa shape index (κ1) is 29.2. The first-order valence-corrected chi connectivity index (χ1v) is 15.9. The lowest BCUT2D eigenvalue weighted by Crippen LogP contribution is -2.38. The average Bonchev–Trinajstić information content (AvgIpc) is 3.65. The largest absolute Gasteiger partial charge is 0.472 e. The molecule has 4 heterocycles. The second kappa shape index (κ2) is 11.8. The molecule has 7 nitrogen and oxygen atoms in total. The smallest absolute Gasteiger partial charge is 0.225 e. The minimum Gasteiger partial charge on any atom is -0.472 e. The van der Waals surface area contributed by atoms with Crippen molar-refractivity contribution >= 4 is 55.8 Å². The van der Waals surface area contributed by atoms with Crippen LogP contribution in [0.15, 0.2) is 48.7 Å². The van der Waals surface area contributed by atoms with Gasteiger partial charge in [0.15, 0.2) is 5.82 Å². The number of hydrogen-bond acceptors (Lipinski definition) is 6. The van der Waals surface area contributed by atoms with E-state index in [1.165, 1.54) is 0 Å². The lowest BCUT2D eigenvalue weighted by molar-refractivity contribution is 0.119. The fourth-order valence-electron chi connectivity index (χ4n) is 7.22. The molecule has 0 unspecified atom stereocenters. The summed E-state index contributed by atoms with van der Waals surface area (Å²) >= 11 is 13.6. The van der Waals surface area contributed by atoms with Gasteiger partial charge < -0.3 is 10.1 Å². The molecular weight excluding hydrogens is 598 g/mol. The van der Waals surface area contributed by atoms with E-state index >= 15 is 4.39 Å². The quantitative estimate of drug-likeness (QED) is 0.205. The van der Waals surface area contributed by atoms with E-state index in [-0.39, 0.29) is 40.3 Å². The zero-order valence-electron chi connectivity index (χ0n) is 24.7. The molecule has 0 radical (unpaired) electrons. The Balaban J connectivity index is 1.45. The molecule has 226 valence electrons. The molecule has 0 spiro atoms. The number of hydrogen-bond donors (Lipinski definition) is 1. The van der Waals surface area contributed by atoms with Gasteiger partial charge in [0.25, 0.3) is 0 Å². The summed E-state index contributed by atoms with van der Waals surface area (Å²) < 4.78 is 25.6. The summed E-state index contributed by atoms with van der Waals surface area (Å²) in [7, 11) is 2.11. The number of rotatable bonds is 6. The molecule has 44 heavy (non-hydrogen) atoms. The number of halogens is 3. The van der Waals surface area contributed by atoms with Gasteiger partial charge in [0.05, 0.1) is 40.7 Å². The third-order valence-electron chi connectivity index (χ3n) is 9.38. The van der Waals surface area contributed by atoms with Crippen LogP contribution in [0.1, 0.15) is 45.1 Å². The van der Waals surface area contributed by atoms with Gasteiger partial charge in [-0.25, -0.2) is 9.37 Å². The maximum Gasteiger partial charge on any atom is 0.225 e. The molecular formula is C34H33Cl2FN6O. The van der Waals surface area contributed by atoms with Crippen LogP contribution in [-0.4, -0.2) is 58.0 Å². The fourth-order valence-corrected chi connectivity index (χ4v) is 7.80. The molecule has 10 heteroatoms. The van der Waals surface area contributed by atoms with Crippen LogP contribution < -0.4 is 10.1 Å². The lowest BCUT2D eigenvalue weighted by Gasteiger charge is -2.30. The van der Waals surface area contributed by atoms with Crippen LogP contribution in [0, 0.1) is 17.1 Å².